The first-order valence-electron chi connectivity index (χ1n) is 7.39. The van der Waals surface area contributed by atoms with E-state index in [2.05, 4.69) is 33.0 Å². The number of hydrogen-bond acceptors (Lipinski definition) is 2. The van der Waals surface area contributed by atoms with E-state index in [4.69, 9.17) is 4.74 Å². The van der Waals surface area contributed by atoms with E-state index < -0.39 is 0 Å². The molecule has 0 aliphatic heterocycles. The minimum Gasteiger partial charge on any atom is -0.375 e. The zero-order valence-electron chi connectivity index (χ0n) is 12.2. The van der Waals surface area contributed by atoms with Crippen LogP contribution in [0.2, 0.25) is 0 Å². The molecule has 0 amide bonds. The van der Waals surface area contributed by atoms with Crippen molar-refractivity contribution in [3.63, 3.8) is 0 Å². The van der Waals surface area contributed by atoms with Crippen LogP contribution in [0.25, 0.3) is 0 Å². The molecule has 0 unspecified atom stereocenters. The van der Waals surface area contributed by atoms with Crippen LogP contribution in [0.3, 0.4) is 0 Å². The Bertz CT molecular complexity index is 197. The highest BCUT2D eigenvalue weighted by Gasteiger charge is 2.37. The zero-order valence-corrected chi connectivity index (χ0v) is 12.2. The molecule has 0 aromatic heterocycles. The molecule has 2 heteroatoms. The lowest BCUT2D eigenvalue weighted by molar-refractivity contribution is -0.107. The van der Waals surface area contributed by atoms with Gasteiger partial charge in [-0.1, -0.05) is 27.7 Å². The van der Waals surface area contributed by atoms with Crippen LogP contribution in [0, 0.1) is 11.8 Å². The number of hydrogen-bond donors (Lipinski definition) is 1. The Morgan fingerprint density at radius 3 is 2.29 bits per heavy atom. The largest absolute Gasteiger partial charge is 0.375 e. The van der Waals surface area contributed by atoms with Crippen LogP contribution in [-0.2, 0) is 4.74 Å². The van der Waals surface area contributed by atoms with Crippen molar-refractivity contribution >= 4 is 0 Å². The Balaban J connectivity index is 2.12. The third-order valence-electron chi connectivity index (χ3n) is 3.68. The molecule has 0 aromatic rings. The summed E-state index contributed by atoms with van der Waals surface area (Å²) in [6.07, 6.45) is 6.29. The minimum absolute atomic E-state index is 0.235. The second kappa shape index (κ2) is 7.38. The Kier molecular flexibility index (Phi) is 6.50. The summed E-state index contributed by atoms with van der Waals surface area (Å²) >= 11 is 0. The molecule has 1 aliphatic rings. The monoisotopic (exact) mass is 241 g/mol. The fraction of sp³-hybridized carbons (Fsp3) is 1.00. The van der Waals surface area contributed by atoms with Gasteiger partial charge in [-0.05, 0) is 57.0 Å². The molecule has 1 rings (SSSR count). The lowest BCUT2D eigenvalue weighted by Crippen LogP contribution is -2.43. The van der Waals surface area contributed by atoms with E-state index in [1.807, 2.05) is 0 Å². The van der Waals surface area contributed by atoms with Gasteiger partial charge >= 0.3 is 0 Å². The topological polar surface area (TPSA) is 21.3 Å². The maximum absolute atomic E-state index is 6.14. The van der Waals surface area contributed by atoms with Gasteiger partial charge in [-0.2, -0.15) is 0 Å². The third-order valence-corrected chi connectivity index (χ3v) is 3.68. The van der Waals surface area contributed by atoms with Crippen molar-refractivity contribution < 1.29 is 4.74 Å². The molecule has 0 spiro atoms. The summed E-state index contributed by atoms with van der Waals surface area (Å²) in [6.45, 7) is 12.2. The van der Waals surface area contributed by atoms with Gasteiger partial charge in [0.15, 0.2) is 0 Å². The fourth-order valence-corrected chi connectivity index (χ4v) is 2.26. The molecule has 1 saturated carbocycles. The molecule has 0 bridgehead atoms. The van der Waals surface area contributed by atoms with Crippen molar-refractivity contribution in [2.75, 3.05) is 19.7 Å². The third kappa shape index (κ3) is 5.87. The van der Waals surface area contributed by atoms with Gasteiger partial charge in [-0.15, -0.1) is 0 Å². The molecule has 1 aliphatic carbocycles. The van der Waals surface area contributed by atoms with Crippen molar-refractivity contribution in [3.8, 4) is 0 Å². The molecule has 2 nitrogen and oxygen atoms in total. The van der Waals surface area contributed by atoms with E-state index in [-0.39, 0.29) is 5.60 Å². The minimum atomic E-state index is 0.235. The van der Waals surface area contributed by atoms with Crippen molar-refractivity contribution in [3.05, 3.63) is 0 Å². The van der Waals surface area contributed by atoms with Gasteiger partial charge in [-0.3, -0.25) is 0 Å². The Hall–Kier alpha value is -0.0800. The van der Waals surface area contributed by atoms with E-state index in [0.29, 0.717) is 0 Å². The van der Waals surface area contributed by atoms with E-state index in [9.17, 15) is 0 Å². The van der Waals surface area contributed by atoms with Gasteiger partial charge in [-0.25, -0.2) is 0 Å². The lowest BCUT2D eigenvalue weighted by atomic mass is 9.77. The number of nitrogens with one attached hydrogen (secondary N) is 1. The lowest BCUT2D eigenvalue weighted by Gasteiger charge is -2.42. The van der Waals surface area contributed by atoms with Crippen molar-refractivity contribution in [1.82, 2.24) is 5.32 Å². The number of ether oxygens (including phenoxy) is 1. The van der Waals surface area contributed by atoms with Crippen molar-refractivity contribution in [1.29, 1.82) is 0 Å². The van der Waals surface area contributed by atoms with Crippen molar-refractivity contribution in [2.24, 2.45) is 11.8 Å². The fourth-order valence-electron chi connectivity index (χ4n) is 2.26. The Labute approximate surface area is 108 Å². The molecular weight excluding hydrogens is 210 g/mol. The van der Waals surface area contributed by atoms with E-state index in [0.717, 1.165) is 31.5 Å². The van der Waals surface area contributed by atoms with Crippen LogP contribution in [-0.4, -0.2) is 25.3 Å². The molecule has 0 saturated heterocycles. The predicted octanol–water partition coefficient (Wildman–Crippen LogP) is 3.61. The normalized spacial score (nSPS) is 18.7. The molecule has 1 N–H and O–H groups in total. The highest BCUT2D eigenvalue weighted by Crippen LogP contribution is 2.38. The van der Waals surface area contributed by atoms with Crippen LogP contribution < -0.4 is 5.32 Å². The maximum atomic E-state index is 6.14. The first-order chi connectivity index (χ1) is 8.04. The summed E-state index contributed by atoms with van der Waals surface area (Å²) in [4.78, 5) is 0. The average Bonchev–Trinajstić information content (AvgIpc) is 2.18. The summed E-state index contributed by atoms with van der Waals surface area (Å²) in [5.41, 5.74) is 0.235. The van der Waals surface area contributed by atoms with Crippen LogP contribution >= 0.6 is 0 Å². The SMILES string of the molecule is CC(C)CCOC1(CCNCC(C)C)CCC1. The van der Waals surface area contributed by atoms with Gasteiger partial charge in [0.25, 0.3) is 0 Å². The molecule has 0 aromatic carbocycles. The molecule has 0 radical (unpaired) electrons. The van der Waals surface area contributed by atoms with Gasteiger partial charge in [0, 0.05) is 6.61 Å². The van der Waals surface area contributed by atoms with Crippen LogP contribution in [0.15, 0.2) is 0 Å². The Morgan fingerprint density at radius 1 is 1.12 bits per heavy atom. The highest BCUT2D eigenvalue weighted by molar-refractivity contribution is 4.90. The second-order valence-electron chi connectivity index (χ2n) is 6.42. The highest BCUT2D eigenvalue weighted by atomic mass is 16.5. The second-order valence-corrected chi connectivity index (χ2v) is 6.42. The Morgan fingerprint density at radius 2 is 1.82 bits per heavy atom. The molecule has 17 heavy (non-hydrogen) atoms. The quantitative estimate of drug-likeness (QED) is 0.623. The average molecular weight is 241 g/mol. The van der Waals surface area contributed by atoms with E-state index in [1.165, 1.54) is 32.1 Å². The molecule has 1 fully saturated rings. The van der Waals surface area contributed by atoms with Crippen LogP contribution in [0.1, 0.15) is 59.8 Å². The molecular formula is C15H31NO. The molecule has 0 atom stereocenters. The summed E-state index contributed by atoms with van der Waals surface area (Å²) in [5.74, 6) is 1.50. The smallest absolute Gasteiger partial charge is 0.0694 e. The van der Waals surface area contributed by atoms with Gasteiger partial charge in [0.2, 0.25) is 0 Å². The molecule has 0 heterocycles. The maximum Gasteiger partial charge on any atom is 0.0694 e. The van der Waals surface area contributed by atoms with Crippen LogP contribution in [0.5, 0.6) is 0 Å². The van der Waals surface area contributed by atoms with E-state index >= 15 is 0 Å². The zero-order chi connectivity index (χ0) is 12.7. The first-order valence-corrected chi connectivity index (χ1v) is 7.39. The first kappa shape index (κ1) is 15.0. The summed E-state index contributed by atoms with van der Waals surface area (Å²) < 4.78 is 6.14. The molecule has 102 valence electrons. The van der Waals surface area contributed by atoms with E-state index in [1.54, 1.807) is 0 Å². The van der Waals surface area contributed by atoms with Crippen LogP contribution in [0.4, 0.5) is 0 Å². The standard InChI is InChI=1S/C15H31NO/c1-13(2)6-11-17-15(7-5-8-15)9-10-16-12-14(3)4/h13-14,16H,5-12H2,1-4H3. The summed E-state index contributed by atoms with van der Waals surface area (Å²) in [6, 6.07) is 0. The van der Waals surface area contributed by atoms with Crippen molar-refractivity contribution in [2.45, 2.75) is 65.4 Å². The predicted molar refractivity (Wildman–Crippen MR) is 74.3 cm³/mol. The van der Waals surface area contributed by atoms with Gasteiger partial charge < -0.3 is 10.1 Å². The number of rotatable bonds is 9. The van der Waals surface area contributed by atoms with Gasteiger partial charge in [0.05, 0.1) is 5.60 Å². The summed E-state index contributed by atoms with van der Waals surface area (Å²) in [5, 5.41) is 3.53. The van der Waals surface area contributed by atoms with Gasteiger partial charge in [0.1, 0.15) is 0 Å². The summed E-state index contributed by atoms with van der Waals surface area (Å²) in [7, 11) is 0.